The van der Waals surface area contributed by atoms with Gasteiger partial charge >= 0.3 is 11.9 Å². The Morgan fingerprint density at radius 3 is 2.26 bits per heavy atom. The maximum Gasteiger partial charge on any atom is 0.309 e. The van der Waals surface area contributed by atoms with Crippen LogP contribution in [-0.2, 0) is 19.1 Å². The minimum absolute atomic E-state index is 0.0595. The zero-order valence-corrected chi connectivity index (χ0v) is 27.8. The lowest BCUT2D eigenvalue weighted by Gasteiger charge is -2.68. The Bertz CT molecular complexity index is 1200. The van der Waals surface area contributed by atoms with Crippen molar-refractivity contribution in [2.75, 3.05) is 0 Å². The van der Waals surface area contributed by atoms with Crippen LogP contribution in [0.2, 0.25) is 0 Å². The van der Waals surface area contributed by atoms with Crippen LogP contribution in [-0.4, -0.2) is 28.9 Å². The molecule has 5 aliphatic rings. The predicted molar refractivity (Wildman–Crippen MR) is 166 cm³/mol. The van der Waals surface area contributed by atoms with Crippen molar-refractivity contribution >= 4 is 17.7 Å². The van der Waals surface area contributed by atoms with Gasteiger partial charge in [0.2, 0.25) is 0 Å². The highest BCUT2D eigenvalue weighted by atomic mass is 16.5. The average molecular weight is 581 g/mol. The van der Waals surface area contributed by atoms with Gasteiger partial charge in [0.15, 0.2) is 5.78 Å². The molecule has 0 aromatic rings. The van der Waals surface area contributed by atoms with E-state index in [0.29, 0.717) is 35.9 Å². The fraction of sp³-hybridized carbons (Fsp3) is 0.811. The van der Waals surface area contributed by atoms with Gasteiger partial charge in [0.05, 0.1) is 11.8 Å². The summed E-state index contributed by atoms with van der Waals surface area (Å²) in [7, 11) is 0. The number of carbonyl (C=O) groups excluding carboxylic acids is 2. The van der Waals surface area contributed by atoms with Crippen molar-refractivity contribution in [3.8, 4) is 0 Å². The minimum atomic E-state index is -1.13. The van der Waals surface area contributed by atoms with Crippen LogP contribution in [0.4, 0.5) is 0 Å². The summed E-state index contributed by atoms with van der Waals surface area (Å²) in [5.74, 6) is 1.48. The molecule has 0 heterocycles. The normalized spacial score (nSPS) is 41.3. The van der Waals surface area contributed by atoms with Gasteiger partial charge in [-0.05, 0) is 124 Å². The molecule has 0 aromatic heterocycles. The Morgan fingerprint density at radius 2 is 1.64 bits per heavy atom. The van der Waals surface area contributed by atoms with E-state index in [4.69, 9.17) is 4.74 Å². The minimum Gasteiger partial charge on any atom is -0.481 e. The van der Waals surface area contributed by atoms with Gasteiger partial charge in [0, 0.05) is 17.3 Å². The van der Waals surface area contributed by atoms with Crippen molar-refractivity contribution in [1.29, 1.82) is 0 Å². The molecule has 234 valence electrons. The summed E-state index contributed by atoms with van der Waals surface area (Å²) in [6, 6.07) is 0. The summed E-state index contributed by atoms with van der Waals surface area (Å²) in [4.78, 5) is 38.0. The molecule has 0 bridgehead atoms. The molecule has 5 rings (SSSR count). The van der Waals surface area contributed by atoms with Crippen LogP contribution in [0, 0.1) is 56.7 Å². The summed E-state index contributed by atoms with van der Waals surface area (Å²) in [6.07, 6.45) is 13.8. The summed E-state index contributed by atoms with van der Waals surface area (Å²) in [5.41, 5.74) is 1.71. The van der Waals surface area contributed by atoms with E-state index in [9.17, 15) is 19.5 Å². The fourth-order valence-corrected chi connectivity index (χ4v) is 11.7. The number of allylic oxidation sites excluding steroid dienone is 4. The molecule has 4 fully saturated rings. The van der Waals surface area contributed by atoms with Gasteiger partial charge in [-0.15, -0.1) is 0 Å². The Kier molecular flexibility index (Phi) is 7.75. The molecule has 5 heteroatoms. The fourth-order valence-electron chi connectivity index (χ4n) is 11.7. The maximum absolute atomic E-state index is 13.5. The molecule has 7 unspecified atom stereocenters. The molecule has 0 radical (unpaired) electrons. The SMILES string of the molecule is C/C=C/C12CCC3C(CC[C@H]4C3(C)CCC3C(C)(C)C(OC(=O)CC(C)(C)C(=O)O)CCC34C)C1=C(C(C)C)C(=O)C2. The Hall–Kier alpha value is -1.91. The van der Waals surface area contributed by atoms with Gasteiger partial charge in [-0.25, -0.2) is 0 Å². The first-order valence-electron chi connectivity index (χ1n) is 16.8. The van der Waals surface area contributed by atoms with Gasteiger partial charge in [-0.3, -0.25) is 14.4 Å². The number of carboxylic acid groups (broad SMARTS) is 1. The van der Waals surface area contributed by atoms with Crippen molar-refractivity contribution in [1.82, 2.24) is 0 Å². The summed E-state index contributed by atoms with van der Waals surface area (Å²) in [5, 5.41) is 9.52. The molecule has 0 spiro atoms. The number of rotatable bonds is 6. The molecule has 0 amide bonds. The lowest BCUT2D eigenvalue weighted by atomic mass is 9.36. The molecule has 4 saturated carbocycles. The monoisotopic (exact) mass is 580 g/mol. The van der Waals surface area contributed by atoms with E-state index in [0.717, 1.165) is 31.3 Å². The first-order chi connectivity index (χ1) is 19.4. The van der Waals surface area contributed by atoms with E-state index < -0.39 is 17.4 Å². The number of hydrogen-bond acceptors (Lipinski definition) is 4. The topological polar surface area (TPSA) is 80.7 Å². The van der Waals surface area contributed by atoms with Gasteiger partial charge in [0.1, 0.15) is 6.10 Å². The van der Waals surface area contributed by atoms with Crippen molar-refractivity contribution in [2.45, 2.75) is 133 Å². The molecule has 0 saturated heterocycles. The van der Waals surface area contributed by atoms with Gasteiger partial charge in [-0.2, -0.15) is 0 Å². The molecule has 5 aliphatic carbocycles. The number of aliphatic carboxylic acids is 1. The molecule has 1 N–H and O–H groups in total. The Balaban J connectivity index is 1.42. The molecule has 5 nitrogen and oxygen atoms in total. The van der Waals surface area contributed by atoms with Crippen molar-refractivity contribution in [3.63, 3.8) is 0 Å². The number of esters is 1. The van der Waals surface area contributed by atoms with E-state index in [1.54, 1.807) is 13.8 Å². The smallest absolute Gasteiger partial charge is 0.309 e. The summed E-state index contributed by atoms with van der Waals surface area (Å²) in [6.45, 7) is 19.4. The van der Waals surface area contributed by atoms with Crippen LogP contribution in [0.1, 0.15) is 127 Å². The Labute approximate surface area is 254 Å². The van der Waals surface area contributed by atoms with E-state index in [1.807, 2.05) is 0 Å². The third-order valence-electron chi connectivity index (χ3n) is 13.5. The number of fused-ring (bicyclic) bond motifs is 7. The van der Waals surface area contributed by atoms with Crippen LogP contribution < -0.4 is 0 Å². The lowest BCUT2D eigenvalue weighted by molar-refractivity contribution is -0.213. The summed E-state index contributed by atoms with van der Waals surface area (Å²) >= 11 is 0. The molecular formula is C37H56O5. The van der Waals surface area contributed by atoms with Crippen molar-refractivity contribution < 1.29 is 24.2 Å². The van der Waals surface area contributed by atoms with Crippen LogP contribution in [0.15, 0.2) is 23.3 Å². The second-order valence-electron chi connectivity index (χ2n) is 16.9. The zero-order chi connectivity index (χ0) is 31.0. The quantitative estimate of drug-likeness (QED) is 0.251. The van der Waals surface area contributed by atoms with E-state index >= 15 is 0 Å². The molecule has 0 aromatic carbocycles. The van der Waals surface area contributed by atoms with Crippen LogP contribution in [0.25, 0.3) is 0 Å². The molecule has 8 atom stereocenters. The van der Waals surface area contributed by atoms with E-state index in [1.165, 1.54) is 31.3 Å². The standard InChI is InChI=1S/C37H56O5/c1-10-16-37-19-13-24-23(31(37)30(22(2)3)25(38)20-37)11-12-27-35(24,8)17-14-26-34(6,7)28(15-18-36(26,27)9)42-29(39)21-33(4,5)32(40)41/h10,16,22-24,26-28H,11-15,17-21H2,1-9H3,(H,40,41)/b16-10+/t23?,24?,26?,27-,28?,35?,36?,37?/m0/s1. The number of ether oxygens (including phenoxy) is 1. The molecule has 0 aliphatic heterocycles. The number of Topliss-reactive ketones (excluding diaryl/α,β-unsaturated/α-hetero) is 1. The van der Waals surface area contributed by atoms with Crippen LogP contribution in [0.3, 0.4) is 0 Å². The van der Waals surface area contributed by atoms with Crippen LogP contribution in [0.5, 0.6) is 0 Å². The first kappa shape index (κ1) is 31.5. The molecular weight excluding hydrogens is 524 g/mol. The largest absolute Gasteiger partial charge is 0.481 e. The lowest BCUT2D eigenvalue weighted by Crippen LogP contribution is -2.63. The number of carboxylic acids is 1. The Morgan fingerprint density at radius 1 is 0.976 bits per heavy atom. The first-order valence-corrected chi connectivity index (χ1v) is 16.8. The average Bonchev–Trinajstić information content (AvgIpc) is 3.17. The zero-order valence-electron chi connectivity index (χ0n) is 27.8. The van der Waals surface area contributed by atoms with E-state index in [-0.39, 0.29) is 40.1 Å². The second-order valence-corrected chi connectivity index (χ2v) is 16.9. The van der Waals surface area contributed by atoms with Gasteiger partial charge < -0.3 is 9.84 Å². The highest BCUT2D eigenvalue weighted by Crippen LogP contribution is 2.73. The van der Waals surface area contributed by atoms with Crippen LogP contribution >= 0.6 is 0 Å². The van der Waals surface area contributed by atoms with Gasteiger partial charge in [0.25, 0.3) is 0 Å². The number of hydrogen-bond donors (Lipinski definition) is 1. The highest BCUT2D eigenvalue weighted by Gasteiger charge is 2.66. The van der Waals surface area contributed by atoms with E-state index in [2.05, 4.69) is 60.6 Å². The van der Waals surface area contributed by atoms with Crippen molar-refractivity contribution in [2.24, 2.45) is 56.7 Å². The number of ketones is 1. The summed E-state index contributed by atoms with van der Waals surface area (Å²) < 4.78 is 6.11. The highest BCUT2D eigenvalue weighted by molar-refractivity contribution is 6.01. The number of carbonyl (C=O) groups is 3. The van der Waals surface area contributed by atoms with Gasteiger partial charge in [-0.1, -0.05) is 53.7 Å². The third kappa shape index (κ3) is 4.57. The second kappa shape index (κ2) is 10.3. The third-order valence-corrected chi connectivity index (χ3v) is 13.5. The maximum atomic E-state index is 13.5. The molecule has 42 heavy (non-hydrogen) atoms. The van der Waals surface area contributed by atoms with Crippen molar-refractivity contribution in [3.05, 3.63) is 23.3 Å². The predicted octanol–water partition coefficient (Wildman–Crippen LogP) is 8.57.